The van der Waals surface area contributed by atoms with Crippen LogP contribution in [-0.4, -0.2) is 34.5 Å². The molecule has 48 heavy (non-hydrogen) atoms. The molecule has 4 heteroatoms. The molecule has 0 amide bonds. The summed E-state index contributed by atoms with van der Waals surface area (Å²) in [4.78, 5) is 0. The normalized spacial score (nSPS) is 14.4. The number of hydrogen-bond donors (Lipinski definition) is 4. The van der Waals surface area contributed by atoms with Crippen molar-refractivity contribution in [2.75, 3.05) is 6.54 Å². The Balaban J connectivity index is 4.32. The fourth-order valence-electron chi connectivity index (χ4n) is 7.73. The van der Waals surface area contributed by atoms with Gasteiger partial charge in [0.25, 0.3) is 0 Å². The van der Waals surface area contributed by atoms with Gasteiger partial charge in [-0.05, 0) is 45.1 Å². The van der Waals surface area contributed by atoms with Crippen molar-refractivity contribution in [3.05, 3.63) is 0 Å². The van der Waals surface area contributed by atoms with E-state index in [2.05, 4.69) is 13.8 Å². The van der Waals surface area contributed by atoms with Crippen molar-refractivity contribution in [2.45, 2.75) is 276 Å². The Morgan fingerprint density at radius 3 is 0.917 bits per heavy atom. The molecule has 0 bridgehead atoms. The van der Waals surface area contributed by atoms with Gasteiger partial charge in [0.1, 0.15) is 0 Å². The Morgan fingerprint density at radius 2 is 0.625 bits per heavy atom. The van der Waals surface area contributed by atoms with Gasteiger partial charge in [-0.3, -0.25) is 0 Å². The molecule has 4 nitrogen and oxygen atoms in total. The molecule has 2 unspecified atom stereocenters. The van der Waals surface area contributed by atoms with Crippen molar-refractivity contribution < 1.29 is 10.2 Å². The summed E-state index contributed by atoms with van der Waals surface area (Å²) in [6, 6.07) is 0. The van der Waals surface area contributed by atoms with E-state index in [4.69, 9.17) is 11.5 Å². The molecule has 0 rings (SSSR count). The molecule has 0 aliphatic carbocycles. The molecule has 0 fully saturated rings. The molecular weight excluding hydrogens is 588 g/mol. The van der Waals surface area contributed by atoms with Crippen LogP contribution in [0.5, 0.6) is 0 Å². The summed E-state index contributed by atoms with van der Waals surface area (Å²) in [6.07, 6.45) is 46.7. The molecule has 2 atom stereocenters. The molecule has 0 aliphatic heterocycles. The number of unbranched alkanes of at least 4 members (excludes halogenated alkanes) is 30. The van der Waals surface area contributed by atoms with Gasteiger partial charge in [-0.25, -0.2) is 0 Å². The summed E-state index contributed by atoms with van der Waals surface area (Å²) in [5.41, 5.74) is 12.2. The lowest BCUT2D eigenvalue weighted by Gasteiger charge is -2.34. The summed E-state index contributed by atoms with van der Waals surface area (Å²) in [6.45, 7) is 5.39. The van der Waals surface area contributed by atoms with Crippen LogP contribution in [0.4, 0.5) is 0 Å². The van der Waals surface area contributed by atoms with Crippen LogP contribution in [-0.2, 0) is 0 Å². The first-order valence-corrected chi connectivity index (χ1v) is 22.3. The molecule has 0 radical (unpaired) electrons. The van der Waals surface area contributed by atoms with Gasteiger partial charge in [0.15, 0.2) is 0 Å². The van der Waals surface area contributed by atoms with Crippen molar-refractivity contribution in [1.82, 2.24) is 0 Å². The molecule has 0 spiro atoms. The highest BCUT2D eigenvalue weighted by atomic mass is 16.3. The van der Waals surface area contributed by atoms with Gasteiger partial charge in [0.2, 0.25) is 0 Å². The zero-order valence-corrected chi connectivity index (χ0v) is 33.3. The van der Waals surface area contributed by atoms with Gasteiger partial charge >= 0.3 is 0 Å². The fourth-order valence-corrected chi connectivity index (χ4v) is 7.73. The second-order valence-corrected chi connectivity index (χ2v) is 16.2. The Morgan fingerprint density at radius 1 is 0.375 bits per heavy atom. The highest BCUT2D eigenvalue weighted by Crippen LogP contribution is 2.28. The second-order valence-electron chi connectivity index (χ2n) is 16.2. The highest BCUT2D eigenvalue weighted by molar-refractivity contribution is 4.89. The Hall–Kier alpha value is -0.160. The van der Waals surface area contributed by atoms with Crippen LogP contribution in [0, 0.1) is 0 Å². The van der Waals surface area contributed by atoms with Crippen LogP contribution in [0.3, 0.4) is 0 Å². The Labute approximate surface area is 303 Å². The van der Waals surface area contributed by atoms with Crippen molar-refractivity contribution >= 4 is 0 Å². The first-order chi connectivity index (χ1) is 23.5. The third kappa shape index (κ3) is 35.7. The maximum Gasteiger partial charge on any atom is 0.0557 e. The van der Waals surface area contributed by atoms with Gasteiger partial charge in [-0.15, -0.1) is 0 Å². The number of hydrogen-bond acceptors (Lipinski definition) is 4. The zero-order valence-electron chi connectivity index (χ0n) is 33.3. The van der Waals surface area contributed by atoms with E-state index in [-0.39, 0.29) is 12.2 Å². The van der Waals surface area contributed by atoms with Gasteiger partial charge in [-0.1, -0.05) is 219 Å². The van der Waals surface area contributed by atoms with Crippen LogP contribution >= 0.6 is 0 Å². The maximum atomic E-state index is 11.0. The number of nitrogens with two attached hydrogens (primary N) is 2. The molecule has 0 aromatic carbocycles. The van der Waals surface area contributed by atoms with E-state index in [1.807, 2.05) is 0 Å². The topological polar surface area (TPSA) is 92.5 Å². The molecule has 6 N–H and O–H groups in total. The number of aliphatic hydroxyl groups is 2. The average molecular weight is 681 g/mol. The van der Waals surface area contributed by atoms with E-state index < -0.39 is 5.54 Å². The highest BCUT2D eigenvalue weighted by Gasteiger charge is 2.30. The first kappa shape index (κ1) is 47.8. The van der Waals surface area contributed by atoms with Gasteiger partial charge in [0, 0.05) is 5.54 Å². The van der Waals surface area contributed by atoms with Crippen LogP contribution in [0.15, 0.2) is 0 Å². The van der Waals surface area contributed by atoms with E-state index in [1.54, 1.807) is 0 Å². The quantitative estimate of drug-likeness (QED) is 0.0484. The van der Waals surface area contributed by atoms with Crippen LogP contribution in [0.2, 0.25) is 0 Å². The van der Waals surface area contributed by atoms with E-state index >= 15 is 0 Å². The van der Waals surface area contributed by atoms with Crippen LogP contribution < -0.4 is 11.5 Å². The van der Waals surface area contributed by atoms with Crippen LogP contribution in [0.1, 0.15) is 258 Å². The third-order valence-corrected chi connectivity index (χ3v) is 10.9. The lowest BCUT2D eigenvalue weighted by Crippen LogP contribution is -2.45. The van der Waals surface area contributed by atoms with Crippen molar-refractivity contribution in [2.24, 2.45) is 11.5 Å². The van der Waals surface area contributed by atoms with E-state index in [9.17, 15) is 10.2 Å². The Bertz CT molecular complexity index is 564. The van der Waals surface area contributed by atoms with E-state index in [0.29, 0.717) is 12.8 Å². The van der Waals surface area contributed by atoms with Gasteiger partial charge in [0.05, 0.1) is 12.2 Å². The van der Waals surface area contributed by atoms with Crippen molar-refractivity contribution in [3.63, 3.8) is 0 Å². The minimum Gasteiger partial charge on any atom is -0.393 e. The summed E-state index contributed by atoms with van der Waals surface area (Å²) in [5.74, 6) is 0. The first-order valence-electron chi connectivity index (χ1n) is 22.3. The van der Waals surface area contributed by atoms with Crippen molar-refractivity contribution in [3.8, 4) is 0 Å². The largest absolute Gasteiger partial charge is 0.393 e. The minimum atomic E-state index is -0.449. The number of aliphatic hydroxyl groups excluding tert-OH is 2. The van der Waals surface area contributed by atoms with Crippen LogP contribution in [0.25, 0.3) is 0 Å². The van der Waals surface area contributed by atoms with E-state index in [0.717, 1.165) is 51.5 Å². The standard InChI is InChI=1S/C44H92N2O2/c1-3-5-7-9-11-13-15-17-20-24-28-32-36-42(47)40-44(46,38-34-30-26-22-19-23-27-31-35-39-45)41-43(48)37-33-29-25-21-18-16-14-12-10-8-6-4-2/h42-43,47-48H,3-41,45-46H2,1-2H3. The molecule has 0 aromatic heterocycles. The molecule has 0 aromatic rings. The van der Waals surface area contributed by atoms with Gasteiger partial charge in [-0.2, -0.15) is 0 Å². The second kappa shape index (κ2) is 38.1. The maximum absolute atomic E-state index is 11.0. The molecule has 290 valence electrons. The smallest absolute Gasteiger partial charge is 0.0557 e. The van der Waals surface area contributed by atoms with E-state index in [1.165, 1.54) is 186 Å². The number of rotatable bonds is 41. The summed E-state index contributed by atoms with van der Waals surface area (Å²) < 4.78 is 0. The molecule has 0 saturated heterocycles. The molecule has 0 aliphatic rings. The summed E-state index contributed by atoms with van der Waals surface area (Å²) >= 11 is 0. The molecular formula is C44H92N2O2. The molecule has 0 saturated carbocycles. The minimum absolute atomic E-state index is 0.342. The Kier molecular flexibility index (Phi) is 38.0. The summed E-state index contributed by atoms with van der Waals surface area (Å²) in [5, 5.41) is 22.1. The molecule has 0 heterocycles. The SMILES string of the molecule is CCCCCCCCCCCCCCC(O)CC(N)(CCCCCCCCCCCN)CC(O)CCCCCCCCCCCCCC. The lowest BCUT2D eigenvalue weighted by atomic mass is 9.80. The zero-order chi connectivity index (χ0) is 35.2. The third-order valence-electron chi connectivity index (χ3n) is 10.9. The monoisotopic (exact) mass is 681 g/mol. The average Bonchev–Trinajstić information content (AvgIpc) is 3.06. The summed E-state index contributed by atoms with van der Waals surface area (Å²) in [7, 11) is 0. The predicted molar refractivity (Wildman–Crippen MR) is 215 cm³/mol. The van der Waals surface area contributed by atoms with Crippen molar-refractivity contribution in [1.29, 1.82) is 0 Å². The lowest BCUT2D eigenvalue weighted by molar-refractivity contribution is 0.0731. The van der Waals surface area contributed by atoms with Gasteiger partial charge < -0.3 is 21.7 Å². The fraction of sp³-hybridized carbons (Fsp3) is 1.00. The predicted octanol–water partition coefficient (Wildman–Crippen LogP) is 13.2.